The third kappa shape index (κ3) is 1.56. The molecule has 1 aromatic heterocycles. The number of rotatable bonds is 1. The van der Waals surface area contributed by atoms with Gasteiger partial charge < -0.3 is 5.73 Å². The Kier molecular flexibility index (Phi) is 1.91. The molecule has 1 rings (SSSR count). The topological polar surface area (TPSA) is 82.0 Å². The van der Waals surface area contributed by atoms with E-state index in [2.05, 4.69) is 4.98 Å². The summed E-state index contributed by atoms with van der Waals surface area (Å²) in [5.41, 5.74) is 4.97. The Hall–Kier alpha value is -1.36. The summed E-state index contributed by atoms with van der Waals surface area (Å²) in [6, 6.07) is 1.11. The zero-order chi connectivity index (χ0) is 8.43. The summed E-state index contributed by atoms with van der Waals surface area (Å²) in [6.45, 7) is 0. The second-order valence-corrected chi connectivity index (χ2v) is 2.22. The van der Waals surface area contributed by atoms with Gasteiger partial charge in [0.15, 0.2) is 0 Å². The number of aromatic nitrogens is 1. The first-order valence-corrected chi connectivity index (χ1v) is 3.04. The van der Waals surface area contributed by atoms with Crippen LogP contribution < -0.4 is 5.73 Å². The number of nitrogens with two attached hydrogens (primary N) is 1. The number of hydrogen-bond acceptors (Lipinski definition) is 4. The summed E-state index contributed by atoms with van der Waals surface area (Å²) in [5, 5.41) is 10.2. The third-order valence-electron chi connectivity index (χ3n) is 1.05. The molecule has 0 bridgehead atoms. The van der Waals surface area contributed by atoms with Crippen LogP contribution in [0.2, 0.25) is 5.02 Å². The Morgan fingerprint density at radius 2 is 2.36 bits per heavy atom. The molecule has 6 heteroatoms. The van der Waals surface area contributed by atoms with Crippen LogP contribution in [0.3, 0.4) is 0 Å². The minimum Gasteiger partial charge on any atom is -0.383 e. The van der Waals surface area contributed by atoms with Crippen molar-refractivity contribution in [2.45, 2.75) is 0 Å². The maximum atomic E-state index is 10.2. The van der Waals surface area contributed by atoms with Gasteiger partial charge in [0.05, 0.1) is 17.2 Å². The van der Waals surface area contributed by atoms with E-state index in [1.54, 1.807) is 0 Å². The molecule has 0 spiro atoms. The van der Waals surface area contributed by atoms with E-state index in [4.69, 9.17) is 17.3 Å². The van der Waals surface area contributed by atoms with Gasteiger partial charge in [0.2, 0.25) is 0 Å². The molecule has 0 saturated carbocycles. The van der Waals surface area contributed by atoms with Gasteiger partial charge in [-0.05, 0) is 0 Å². The van der Waals surface area contributed by atoms with E-state index in [1.807, 2.05) is 0 Å². The molecule has 2 N–H and O–H groups in total. The SMILES string of the molecule is Nc1cc([N+](=O)[O-])c(Cl)cn1. The van der Waals surface area contributed by atoms with Crippen LogP contribution in [0.5, 0.6) is 0 Å². The van der Waals surface area contributed by atoms with Crippen molar-refractivity contribution < 1.29 is 4.92 Å². The van der Waals surface area contributed by atoms with E-state index in [0.717, 1.165) is 12.3 Å². The van der Waals surface area contributed by atoms with Crippen LogP contribution in [0.25, 0.3) is 0 Å². The normalized spacial score (nSPS) is 9.55. The van der Waals surface area contributed by atoms with Gasteiger partial charge in [-0.15, -0.1) is 0 Å². The summed E-state index contributed by atoms with van der Waals surface area (Å²) in [4.78, 5) is 13.2. The molecule has 0 aliphatic rings. The van der Waals surface area contributed by atoms with E-state index in [0.29, 0.717) is 0 Å². The lowest BCUT2D eigenvalue weighted by Crippen LogP contribution is -1.94. The Morgan fingerprint density at radius 3 is 2.82 bits per heavy atom. The second-order valence-electron chi connectivity index (χ2n) is 1.82. The highest BCUT2D eigenvalue weighted by molar-refractivity contribution is 6.32. The standard InChI is InChI=1S/C5H4ClN3O2/c6-3-2-8-5(7)1-4(3)9(10)11/h1-2H,(H2,7,8). The van der Waals surface area contributed by atoms with E-state index in [9.17, 15) is 10.1 Å². The molecule has 1 aromatic rings. The molecule has 0 fully saturated rings. The molecule has 0 unspecified atom stereocenters. The molecular weight excluding hydrogens is 170 g/mol. The fraction of sp³-hybridized carbons (Fsp3) is 0. The summed E-state index contributed by atoms with van der Waals surface area (Å²) in [7, 11) is 0. The Labute approximate surface area is 66.9 Å². The second kappa shape index (κ2) is 2.71. The van der Waals surface area contributed by atoms with Gasteiger partial charge in [-0.3, -0.25) is 10.1 Å². The maximum Gasteiger partial charge on any atom is 0.293 e. The predicted octanol–water partition coefficient (Wildman–Crippen LogP) is 1.23. The number of pyridine rings is 1. The van der Waals surface area contributed by atoms with Crippen LogP contribution in [-0.2, 0) is 0 Å². The lowest BCUT2D eigenvalue weighted by molar-refractivity contribution is -0.384. The van der Waals surface area contributed by atoms with Crippen molar-refractivity contribution in [3.8, 4) is 0 Å². The summed E-state index contributed by atoms with van der Waals surface area (Å²) in [6.07, 6.45) is 1.15. The third-order valence-corrected chi connectivity index (χ3v) is 1.34. The van der Waals surface area contributed by atoms with Crippen LogP contribution in [-0.4, -0.2) is 9.91 Å². The lowest BCUT2D eigenvalue weighted by Gasteiger charge is -1.94. The summed E-state index contributed by atoms with van der Waals surface area (Å²) in [5.74, 6) is 0.0844. The number of hydrogen-bond donors (Lipinski definition) is 1. The minimum absolute atomic E-state index is 0.01000. The predicted molar refractivity (Wildman–Crippen MR) is 40.3 cm³/mol. The average molecular weight is 174 g/mol. The van der Waals surface area contributed by atoms with Crippen LogP contribution in [0.15, 0.2) is 12.3 Å². The fourth-order valence-corrected chi connectivity index (χ4v) is 0.756. The maximum absolute atomic E-state index is 10.2. The number of nitrogen functional groups attached to an aromatic ring is 1. The Balaban J connectivity index is 3.23. The zero-order valence-corrected chi connectivity index (χ0v) is 6.08. The van der Waals surface area contributed by atoms with Crippen molar-refractivity contribution in [2.75, 3.05) is 5.73 Å². The molecule has 0 aromatic carbocycles. The van der Waals surface area contributed by atoms with Crippen LogP contribution in [0.4, 0.5) is 11.5 Å². The molecular formula is C5H4ClN3O2. The molecule has 0 aliphatic carbocycles. The van der Waals surface area contributed by atoms with Crippen LogP contribution in [0, 0.1) is 10.1 Å². The van der Waals surface area contributed by atoms with Crippen molar-refractivity contribution in [1.82, 2.24) is 4.98 Å². The zero-order valence-electron chi connectivity index (χ0n) is 5.32. The molecule has 1 heterocycles. The first-order chi connectivity index (χ1) is 5.11. The summed E-state index contributed by atoms with van der Waals surface area (Å²) < 4.78 is 0. The van der Waals surface area contributed by atoms with E-state index in [-0.39, 0.29) is 16.5 Å². The molecule has 0 aliphatic heterocycles. The smallest absolute Gasteiger partial charge is 0.293 e. The van der Waals surface area contributed by atoms with E-state index in [1.165, 1.54) is 0 Å². The largest absolute Gasteiger partial charge is 0.383 e. The average Bonchev–Trinajstić information content (AvgIpc) is 1.94. The van der Waals surface area contributed by atoms with Gasteiger partial charge in [0, 0.05) is 0 Å². The van der Waals surface area contributed by atoms with Gasteiger partial charge in [-0.2, -0.15) is 0 Å². The molecule has 0 radical (unpaired) electrons. The number of halogens is 1. The van der Waals surface area contributed by atoms with Gasteiger partial charge >= 0.3 is 0 Å². The van der Waals surface area contributed by atoms with Gasteiger partial charge in [0.1, 0.15) is 10.8 Å². The first kappa shape index (κ1) is 7.74. The monoisotopic (exact) mass is 173 g/mol. The highest BCUT2D eigenvalue weighted by Crippen LogP contribution is 2.23. The van der Waals surface area contributed by atoms with Crippen molar-refractivity contribution in [2.24, 2.45) is 0 Å². The van der Waals surface area contributed by atoms with Crippen molar-refractivity contribution >= 4 is 23.1 Å². The van der Waals surface area contributed by atoms with E-state index < -0.39 is 4.92 Å². The summed E-state index contributed by atoms with van der Waals surface area (Å²) >= 11 is 5.43. The molecule has 0 saturated heterocycles. The lowest BCUT2D eigenvalue weighted by atomic mass is 10.4. The molecule has 11 heavy (non-hydrogen) atoms. The van der Waals surface area contributed by atoms with Crippen molar-refractivity contribution in [3.63, 3.8) is 0 Å². The van der Waals surface area contributed by atoms with Crippen molar-refractivity contribution in [1.29, 1.82) is 0 Å². The highest BCUT2D eigenvalue weighted by atomic mass is 35.5. The van der Waals surface area contributed by atoms with Crippen molar-refractivity contribution in [3.05, 3.63) is 27.4 Å². The van der Waals surface area contributed by atoms with Crippen LogP contribution in [0.1, 0.15) is 0 Å². The van der Waals surface area contributed by atoms with Gasteiger partial charge in [-0.1, -0.05) is 11.6 Å². The van der Waals surface area contributed by atoms with Gasteiger partial charge in [-0.25, -0.2) is 4.98 Å². The minimum atomic E-state index is -0.611. The van der Waals surface area contributed by atoms with Gasteiger partial charge in [0.25, 0.3) is 5.69 Å². The Bertz CT molecular complexity index is 302. The number of nitro groups is 1. The highest BCUT2D eigenvalue weighted by Gasteiger charge is 2.11. The Morgan fingerprint density at radius 1 is 1.73 bits per heavy atom. The molecule has 0 atom stereocenters. The molecule has 58 valence electrons. The first-order valence-electron chi connectivity index (χ1n) is 2.66. The van der Waals surface area contributed by atoms with E-state index >= 15 is 0 Å². The number of nitrogens with zero attached hydrogens (tertiary/aromatic N) is 2. The number of anilines is 1. The van der Waals surface area contributed by atoms with Crippen LogP contribution >= 0.6 is 11.6 Å². The quantitative estimate of drug-likeness (QED) is 0.511. The molecule has 0 amide bonds. The fourth-order valence-electron chi connectivity index (χ4n) is 0.584. The molecule has 5 nitrogen and oxygen atoms in total.